The van der Waals surface area contributed by atoms with E-state index in [1.807, 2.05) is 24.3 Å². The zero-order chi connectivity index (χ0) is 18.5. The van der Waals surface area contributed by atoms with E-state index in [4.69, 9.17) is 0 Å². The number of H-pyrrole nitrogens is 1. The molecule has 3 aromatic rings. The van der Waals surface area contributed by atoms with E-state index in [-0.39, 0.29) is 5.56 Å². The van der Waals surface area contributed by atoms with Gasteiger partial charge in [0.15, 0.2) is 0 Å². The number of carbonyl (C=O) groups is 1. The minimum Gasteiger partial charge on any atom is -0.346 e. The van der Waals surface area contributed by atoms with Crippen molar-refractivity contribution >= 4 is 22.5 Å². The summed E-state index contributed by atoms with van der Waals surface area (Å²) in [5, 5.41) is 3.85. The van der Waals surface area contributed by atoms with Gasteiger partial charge in [0.1, 0.15) is 5.56 Å². The highest BCUT2D eigenvalue weighted by Crippen LogP contribution is 2.21. The van der Waals surface area contributed by atoms with Crippen LogP contribution in [-0.2, 0) is 6.54 Å². The largest absolute Gasteiger partial charge is 0.346 e. The van der Waals surface area contributed by atoms with Crippen molar-refractivity contribution in [3.63, 3.8) is 0 Å². The highest BCUT2D eigenvalue weighted by Gasteiger charge is 2.11. The summed E-state index contributed by atoms with van der Waals surface area (Å²) in [4.78, 5) is 28.9. The number of anilines is 1. The molecule has 0 saturated carbocycles. The van der Waals surface area contributed by atoms with Crippen molar-refractivity contribution in [1.29, 1.82) is 0 Å². The topological polar surface area (TPSA) is 70.1 Å². The molecule has 3 rings (SSSR count). The molecule has 1 amide bonds. The van der Waals surface area contributed by atoms with E-state index < -0.39 is 11.5 Å². The summed E-state index contributed by atoms with van der Waals surface area (Å²) in [6.07, 6.45) is 3.58. The molecule has 2 heterocycles. The molecule has 0 atom stereocenters. The van der Waals surface area contributed by atoms with Crippen molar-refractivity contribution in [2.24, 2.45) is 0 Å². The van der Waals surface area contributed by atoms with Crippen LogP contribution in [0.1, 0.15) is 24.2 Å². The average molecular weight is 352 g/mol. The Balaban J connectivity index is 1.75. The van der Waals surface area contributed by atoms with E-state index >= 15 is 0 Å². The standard InChI is InChI=1S/C20H24N4O2/c1-3-23(4-2)12-13-24-11-9-15-14-16(7-8-18(15)24)22-20(26)17-6-5-10-21-19(17)25/h5-11,14H,3-4,12-13H2,1-2H3,(H,21,25)(H,22,26). The Morgan fingerprint density at radius 3 is 2.73 bits per heavy atom. The molecule has 6 nitrogen and oxygen atoms in total. The van der Waals surface area contributed by atoms with Crippen molar-refractivity contribution < 1.29 is 4.79 Å². The smallest absolute Gasteiger partial charge is 0.261 e. The van der Waals surface area contributed by atoms with Crippen molar-refractivity contribution in [3.8, 4) is 0 Å². The molecule has 136 valence electrons. The molecule has 2 N–H and O–H groups in total. The van der Waals surface area contributed by atoms with E-state index in [0.717, 1.165) is 37.1 Å². The van der Waals surface area contributed by atoms with E-state index in [0.29, 0.717) is 5.69 Å². The monoisotopic (exact) mass is 352 g/mol. The summed E-state index contributed by atoms with van der Waals surface area (Å²) in [5.74, 6) is -0.410. The first-order valence-corrected chi connectivity index (χ1v) is 8.92. The number of aromatic nitrogens is 2. The zero-order valence-electron chi connectivity index (χ0n) is 15.2. The summed E-state index contributed by atoms with van der Waals surface area (Å²) in [5.41, 5.74) is 1.51. The van der Waals surface area contributed by atoms with Crippen LogP contribution < -0.4 is 10.9 Å². The maximum atomic E-state index is 12.3. The number of nitrogens with zero attached hydrogens (tertiary/aromatic N) is 2. The third-order valence-corrected chi connectivity index (χ3v) is 4.64. The predicted octanol–water partition coefficient (Wildman–Crippen LogP) is 2.92. The van der Waals surface area contributed by atoms with Crippen LogP contribution in [0.15, 0.2) is 53.6 Å². The number of nitrogens with one attached hydrogen (secondary N) is 2. The van der Waals surface area contributed by atoms with Crippen LogP contribution in [0, 0.1) is 0 Å². The van der Waals surface area contributed by atoms with Gasteiger partial charge in [-0.3, -0.25) is 9.59 Å². The fourth-order valence-corrected chi connectivity index (χ4v) is 3.06. The first kappa shape index (κ1) is 17.9. The van der Waals surface area contributed by atoms with Gasteiger partial charge in [0.05, 0.1) is 0 Å². The Bertz CT molecular complexity index is 954. The van der Waals surface area contributed by atoms with E-state index in [1.54, 1.807) is 6.07 Å². The van der Waals surface area contributed by atoms with Crippen LogP contribution in [0.5, 0.6) is 0 Å². The second-order valence-electron chi connectivity index (χ2n) is 6.18. The highest BCUT2D eigenvalue weighted by molar-refractivity contribution is 6.04. The Labute approximate surface area is 152 Å². The normalized spacial score (nSPS) is 11.2. The first-order valence-electron chi connectivity index (χ1n) is 8.92. The van der Waals surface area contributed by atoms with Gasteiger partial charge in [-0.1, -0.05) is 13.8 Å². The van der Waals surface area contributed by atoms with Crippen LogP contribution in [0.25, 0.3) is 10.9 Å². The molecule has 0 aliphatic carbocycles. The minimum absolute atomic E-state index is 0.101. The SMILES string of the molecule is CCN(CC)CCn1ccc2cc(NC(=O)c3ccc[nH]c3=O)ccc21. The van der Waals surface area contributed by atoms with Gasteiger partial charge in [-0.15, -0.1) is 0 Å². The number of amides is 1. The quantitative estimate of drug-likeness (QED) is 0.687. The van der Waals surface area contributed by atoms with Gasteiger partial charge < -0.3 is 19.8 Å². The van der Waals surface area contributed by atoms with Crippen molar-refractivity contribution in [3.05, 3.63) is 64.7 Å². The number of hydrogen-bond donors (Lipinski definition) is 2. The fraction of sp³-hybridized carbons (Fsp3) is 0.300. The molecule has 0 unspecified atom stereocenters. The predicted molar refractivity (Wildman–Crippen MR) is 105 cm³/mol. The van der Waals surface area contributed by atoms with Gasteiger partial charge in [-0.2, -0.15) is 0 Å². The molecule has 0 aliphatic rings. The number of fused-ring (bicyclic) bond motifs is 1. The Kier molecular flexibility index (Phi) is 5.53. The van der Waals surface area contributed by atoms with Gasteiger partial charge in [0, 0.05) is 42.1 Å². The molecule has 0 bridgehead atoms. The van der Waals surface area contributed by atoms with Gasteiger partial charge in [-0.25, -0.2) is 0 Å². The van der Waals surface area contributed by atoms with Crippen LogP contribution >= 0.6 is 0 Å². The number of carbonyl (C=O) groups excluding carboxylic acids is 1. The summed E-state index contributed by atoms with van der Waals surface area (Å²) in [6, 6.07) is 11.0. The van der Waals surface area contributed by atoms with Crippen LogP contribution in [0.2, 0.25) is 0 Å². The molecular weight excluding hydrogens is 328 g/mol. The summed E-state index contributed by atoms with van der Waals surface area (Å²) in [7, 11) is 0. The maximum Gasteiger partial charge on any atom is 0.261 e. The molecule has 1 aromatic carbocycles. The number of pyridine rings is 1. The van der Waals surface area contributed by atoms with Gasteiger partial charge in [0.2, 0.25) is 0 Å². The summed E-state index contributed by atoms with van der Waals surface area (Å²) < 4.78 is 2.22. The number of aromatic amines is 1. The molecule has 0 fully saturated rings. The number of likely N-dealkylation sites (N-methyl/N-ethyl adjacent to an activating group) is 1. The Hall–Kier alpha value is -2.86. The van der Waals surface area contributed by atoms with E-state index in [2.05, 4.69) is 39.8 Å². The van der Waals surface area contributed by atoms with Crippen LogP contribution in [0.4, 0.5) is 5.69 Å². The Morgan fingerprint density at radius 2 is 2.00 bits per heavy atom. The average Bonchev–Trinajstić information content (AvgIpc) is 3.05. The molecule has 0 spiro atoms. The van der Waals surface area contributed by atoms with E-state index in [1.165, 1.54) is 12.3 Å². The second-order valence-corrected chi connectivity index (χ2v) is 6.18. The zero-order valence-corrected chi connectivity index (χ0v) is 15.2. The first-order chi connectivity index (χ1) is 12.6. The van der Waals surface area contributed by atoms with Crippen LogP contribution in [-0.4, -0.2) is 40.0 Å². The molecule has 2 aromatic heterocycles. The molecule has 26 heavy (non-hydrogen) atoms. The van der Waals surface area contributed by atoms with Crippen LogP contribution in [0.3, 0.4) is 0 Å². The van der Waals surface area contributed by atoms with Crippen molar-refractivity contribution in [2.75, 3.05) is 25.0 Å². The molecule has 0 radical (unpaired) electrons. The number of hydrogen-bond acceptors (Lipinski definition) is 3. The molecule has 0 aliphatic heterocycles. The molecule has 6 heteroatoms. The molecule has 0 saturated heterocycles. The van der Waals surface area contributed by atoms with Gasteiger partial charge >= 0.3 is 0 Å². The van der Waals surface area contributed by atoms with Gasteiger partial charge in [-0.05, 0) is 49.5 Å². The third-order valence-electron chi connectivity index (χ3n) is 4.64. The lowest BCUT2D eigenvalue weighted by Crippen LogP contribution is -2.26. The van der Waals surface area contributed by atoms with E-state index in [9.17, 15) is 9.59 Å². The second kappa shape index (κ2) is 8.01. The number of benzene rings is 1. The highest BCUT2D eigenvalue weighted by atomic mass is 16.2. The van der Waals surface area contributed by atoms with Crippen molar-refractivity contribution in [1.82, 2.24) is 14.5 Å². The lowest BCUT2D eigenvalue weighted by atomic mass is 10.2. The molecular formula is C20H24N4O2. The lowest BCUT2D eigenvalue weighted by molar-refractivity contribution is 0.102. The maximum absolute atomic E-state index is 12.3. The van der Waals surface area contributed by atoms with Crippen molar-refractivity contribution in [2.45, 2.75) is 20.4 Å². The number of rotatable bonds is 7. The lowest BCUT2D eigenvalue weighted by Gasteiger charge is -2.18. The minimum atomic E-state index is -0.410. The summed E-state index contributed by atoms with van der Waals surface area (Å²) in [6.45, 7) is 8.37. The Morgan fingerprint density at radius 1 is 1.19 bits per heavy atom. The third kappa shape index (κ3) is 3.86. The summed E-state index contributed by atoms with van der Waals surface area (Å²) >= 11 is 0. The fourth-order valence-electron chi connectivity index (χ4n) is 3.06. The van der Waals surface area contributed by atoms with Gasteiger partial charge in [0.25, 0.3) is 11.5 Å².